The van der Waals surface area contributed by atoms with Crippen LogP contribution in [0.2, 0.25) is 0 Å². The van der Waals surface area contributed by atoms with Crippen molar-refractivity contribution in [2.45, 2.75) is 124 Å². The van der Waals surface area contributed by atoms with E-state index in [2.05, 4.69) is 35.4 Å². The molecule has 3 fully saturated rings. The van der Waals surface area contributed by atoms with Gasteiger partial charge in [-0.1, -0.05) is 46.6 Å². The lowest BCUT2D eigenvalue weighted by Crippen LogP contribution is -2.34. The van der Waals surface area contributed by atoms with E-state index in [0.717, 1.165) is 78.3 Å². The fourth-order valence-corrected chi connectivity index (χ4v) is 5.76. The quantitative estimate of drug-likeness (QED) is 0.166. The van der Waals surface area contributed by atoms with Gasteiger partial charge in [0.15, 0.2) is 11.7 Å². The van der Waals surface area contributed by atoms with E-state index < -0.39 is 0 Å². The van der Waals surface area contributed by atoms with Crippen molar-refractivity contribution in [3.63, 3.8) is 0 Å². The molecule has 0 unspecified atom stereocenters. The number of aryl methyl sites for hydroxylation is 1. The second-order valence-corrected chi connectivity index (χ2v) is 12.5. The van der Waals surface area contributed by atoms with Crippen LogP contribution in [0.25, 0.3) is 22.1 Å². The highest BCUT2D eigenvalue weighted by atomic mass is 16.4. The number of oxazole rings is 1. The molecule has 3 aromatic rings. The predicted molar refractivity (Wildman–Crippen MR) is 193 cm³/mol. The second-order valence-electron chi connectivity index (χ2n) is 12.5. The van der Waals surface area contributed by atoms with Crippen molar-refractivity contribution in [3.05, 3.63) is 52.9 Å². The van der Waals surface area contributed by atoms with Crippen LogP contribution in [0.15, 0.2) is 45.9 Å². The van der Waals surface area contributed by atoms with E-state index in [1.165, 1.54) is 52.2 Å². The molecule has 1 aromatic carbocycles. The topological polar surface area (TPSA) is 111 Å². The number of aromatic nitrogens is 2. The first-order valence-corrected chi connectivity index (χ1v) is 17.7. The number of hydrogen-bond acceptors (Lipinski definition) is 6. The highest BCUT2D eigenvalue weighted by Gasteiger charge is 2.43. The Hall–Kier alpha value is -3.70. The summed E-state index contributed by atoms with van der Waals surface area (Å²) in [6.07, 6.45) is 26.2. The highest BCUT2D eigenvalue weighted by molar-refractivity contribution is 5.85. The van der Waals surface area contributed by atoms with Gasteiger partial charge in [0, 0.05) is 49.4 Å². The van der Waals surface area contributed by atoms with Gasteiger partial charge in [-0.05, 0) is 100 Å². The molecule has 2 aromatic heterocycles. The second kappa shape index (κ2) is 20.5. The van der Waals surface area contributed by atoms with Crippen LogP contribution in [-0.2, 0) is 16.0 Å². The Morgan fingerprint density at radius 3 is 2.21 bits per heavy atom. The summed E-state index contributed by atoms with van der Waals surface area (Å²) in [6, 6.07) is 8.24. The zero-order chi connectivity index (χ0) is 34.8. The monoisotopic (exact) mass is 646 g/mol. The Bertz CT molecular complexity index is 1450. The van der Waals surface area contributed by atoms with E-state index in [1.807, 2.05) is 55.8 Å². The molecule has 8 heteroatoms. The van der Waals surface area contributed by atoms with E-state index >= 15 is 0 Å². The number of primary amides is 1. The summed E-state index contributed by atoms with van der Waals surface area (Å²) in [7, 11) is 0. The summed E-state index contributed by atoms with van der Waals surface area (Å²) in [5, 5.41) is 1.69. The fourth-order valence-electron chi connectivity index (χ4n) is 5.76. The average molecular weight is 647 g/mol. The molecule has 1 spiro atoms. The van der Waals surface area contributed by atoms with Gasteiger partial charge in [-0.25, -0.2) is 4.98 Å². The molecule has 0 atom stereocenters. The number of unbranched alkanes of at least 4 members (excludes halogenated alkanes) is 3. The third-order valence-electron chi connectivity index (χ3n) is 9.02. The SMILES string of the molecule is C#C.CC.CC(N)=O.CCC(=O)CCCCCCc1ncc(-c2ccc3c(=O)n(C4CC4)ccc3c2)o1.CCN1CCC2(CC1)CC2. The number of carbonyl (C=O) groups is 2. The molecule has 47 heavy (non-hydrogen) atoms. The molecule has 8 nitrogen and oxygen atoms in total. The number of benzene rings is 1. The maximum Gasteiger partial charge on any atom is 0.258 e. The van der Waals surface area contributed by atoms with Crippen LogP contribution >= 0.6 is 0 Å². The van der Waals surface area contributed by atoms with E-state index in [9.17, 15) is 14.4 Å². The van der Waals surface area contributed by atoms with Crippen molar-refractivity contribution in [1.82, 2.24) is 14.5 Å². The van der Waals surface area contributed by atoms with E-state index in [-0.39, 0.29) is 11.5 Å². The van der Waals surface area contributed by atoms with Crippen LogP contribution in [0.5, 0.6) is 0 Å². The molecule has 2 N–H and O–H groups in total. The predicted octanol–water partition coefficient (Wildman–Crippen LogP) is 8.11. The number of hydrogen-bond donors (Lipinski definition) is 1. The molecule has 2 saturated carbocycles. The Labute approximate surface area is 282 Å². The van der Waals surface area contributed by atoms with E-state index in [4.69, 9.17) is 4.42 Å². The lowest BCUT2D eigenvalue weighted by atomic mass is 9.94. The number of piperidine rings is 1. The number of amides is 1. The van der Waals surface area contributed by atoms with Crippen LogP contribution < -0.4 is 11.3 Å². The first-order valence-electron chi connectivity index (χ1n) is 17.7. The summed E-state index contributed by atoms with van der Waals surface area (Å²) in [5.74, 6) is 1.50. The minimum absolute atomic E-state index is 0.0930. The maximum absolute atomic E-state index is 12.6. The molecule has 3 heterocycles. The minimum atomic E-state index is -0.333. The van der Waals surface area contributed by atoms with Crippen molar-refractivity contribution in [2.75, 3.05) is 19.6 Å². The molecular formula is C39H58N4O4. The number of ketones is 1. The summed E-state index contributed by atoms with van der Waals surface area (Å²) in [4.78, 5) is 40.1. The van der Waals surface area contributed by atoms with Gasteiger partial charge in [0.05, 0.1) is 6.20 Å². The van der Waals surface area contributed by atoms with E-state index in [0.29, 0.717) is 24.7 Å². The lowest BCUT2D eigenvalue weighted by Gasteiger charge is -2.30. The number of terminal acetylenes is 1. The number of nitrogens with two attached hydrogens (primary N) is 1. The number of Topliss-reactive ketones (excluding diaryl/α,β-unsaturated/α-hetero) is 1. The molecule has 1 saturated heterocycles. The molecular weight excluding hydrogens is 588 g/mol. The summed E-state index contributed by atoms with van der Waals surface area (Å²) in [6.45, 7) is 13.5. The van der Waals surface area contributed by atoms with Crippen LogP contribution in [-0.4, -0.2) is 45.8 Å². The number of carbonyl (C=O) groups excluding carboxylic acids is 2. The highest BCUT2D eigenvalue weighted by Crippen LogP contribution is 2.53. The van der Waals surface area contributed by atoms with Gasteiger partial charge in [-0.3, -0.25) is 14.4 Å². The van der Waals surface area contributed by atoms with Crippen LogP contribution in [0.1, 0.15) is 124 Å². The maximum atomic E-state index is 12.6. The lowest BCUT2D eigenvalue weighted by molar-refractivity contribution is -0.119. The number of pyridine rings is 1. The largest absolute Gasteiger partial charge is 0.441 e. The molecule has 258 valence electrons. The smallest absolute Gasteiger partial charge is 0.258 e. The normalized spacial score (nSPS) is 15.8. The Morgan fingerprint density at radius 2 is 1.64 bits per heavy atom. The number of rotatable bonds is 11. The number of fused-ring (bicyclic) bond motifs is 1. The molecule has 2 aliphatic carbocycles. The molecule has 0 bridgehead atoms. The van der Waals surface area contributed by atoms with E-state index in [1.54, 1.807) is 6.20 Å². The molecule has 6 rings (SSSR count). The Kier molecular flexibility index (Phi) is 17.2. The van der Waals surface area contributed by atoms with Crippen LogP contribution in [0, 0.1) is 18.3 Å². The standard InChI is InChI=1S/C24H28N2O3.C9H17N.C2H5NO.C2H6.C2H2/c1-2-20(27)7-5-3-4-6-8-23-25-16-22(29-23)18-9-12-21-17(15-18)13-14-26(24(21)28)19-10-11-19;1-2-10-7-5-9(3-4-9)6-8-10;1-2(3)4;2*1-2/h9,12-16,19H,2-8,10-11H2,1H3;2-8H2,1H3;1H3,(H2,3,4);1-2H3;1-2H. The van der Waals surface area contributed by atoms with Crippen molar-refractivity contribution >= 4 is 22.5 Å². The third kappa shape index (κ3) is 13.1. The van der Waals surface area contributed by atoms with Crippen molar-refractivity contribution in [2.24, 2.45) is 11.1 Å². The first-order chi connectivity index (χ1) is 22.7. The Balaban J connectivity index is 0.000000350. The molecule has 1 amide bonds. The van der Waals surface area contributed by atoms with Gasteiger partial charge < -0.3 is 19.6 Å². The van der Waals surface area contributed by atoms with Crippen LogP contribution in [0.4, 0.5) is 0 Å². The third-order valence-corrected chi connectivity index (χ3v) is 9.02. The molecule has 1 aliphatic heterocycles. The van der Waals surface area contributed by atoms with Gasteiger partial charge in [0.25, 0.3) is 5.56 Å². The van der Waals surface area contributed by atoms with Gasteiger partial charge >= 0.3 is 0 Å². The molecule has 3 aliphatic rings. The fraction of sp³-hybridized carbons (Fsp3) is 0.590. The zero-order valence-electron chi connectivity index (χ0n) is 29.6. The van der Waals surface area contributed by atoms with Crippen molar-refractivity contribution in [3.8, 4) is 24.2 Å². The first kappa shape index (κ1) is 39.5. The van der Waals surface area contributed by atoms with Crippen LogP contribution in [0.3, 0.4) is 0 Å². The number of nitrogens with zero attached hydrogens (tertiary/aromatic N) is 3. The summed E-state index contributed by atoms with van der Waals surface area (Å²) < 4.78 is 7.79. The summed E-state index contributed by atoms with van der Waals surface area (Å²) >= 11 is 0. The number of likely N-dealkylation sites (tertiary alicyclic amines) is 1. The zero-order valence-corrected chi connectivity index (χ0v) is 29.6. The van der Waals surface area contributed by atoms with Crippen molar-refractivity contribution in [1.29, 1.82) is 0 Å². The summed E-state index contributed by atoms with van der Waals surface area (Å²) in [5.41, 5.74) is 6.37. The average Bonchev–Trinajstić information content (AvgIpc) is 4.03. The van der Waals surface area contributed by atoms with Gasteiger partial charge in [-0.2, -0.15) is 0 Å². The molecule has 0 radical (unpaired) electrons. The van der Waals surface area contributed by atoms with Gasteiger partial charge in [-0.15, -0.1) is 12.8 Å². The van der Waals surface area contributed by atoms with Crippen molar-refractivity contribution < 1.29 is 14.0 Å². The minimum Gasteiger partial charge on any atom is -0.441 e. The van der Waals surface area contributed by atoms with Gasteiger partial charge in [0.2, 0.25) is 5.91 Å². The Morgan fingerprint density at radius 1 is 1.00 bits per heavy atom. The van der Waals surface area contributed by atoms with Gasteiger partial charge in [0.1, 0.15) is 5.78 Å².